The van der Waals surface area contributed by atoms with E-state index in [0.717, 1.165) is 34.0 Å². The highest BCUT2D eigenvalue weighted by atomic mass is 32.1. The molecule has 0 saturated carbocycles. The zero-order valence-corrected chi connectivity index (χ0v) is 17.4. The van der Waals surface area contributed by atoms with E-state index in [1.165, 1.54) is 0 Å². The summed E-state index contributed by atoms with van der Waals surface area (Å²) in [5.41, 5.74) is 2.71. The summed E-state index contributed by atoms with van der Waals surface area (Å²) in [6, 6.07) is 17.6. The summed E-state index contributed by atoms with van der Waals surface area (Å²) < 4.78 is 5.78. The smallest absolute Gasteiger partial charge is 0.254 e. The second-order valence-electron chi connectivity index (χ2n) is 6.89. The van der Waals surface area contributed by atoms with Crippen LogP contribution in [0.1, 0.15) is 46.9 Å². The molecule has 1 heterocycles. The van der Waals surface area contributed by atoms with Crippen LogP contribution in [0.4, 0.5) is 0 Å². The summed E-state index contributed by atoms with van der Waals surface area (Å²) >= 11 is 1.57. The van der Waals surface area contributed by atoms with E-state index < -0.39 is 0 Å². The third-order valence-electron chi connectivity index (χ3n) is 4.69. The Bertz CT molecular complexity index is 908. The largest absolute Gasteiger partial charge is 0.486 e. The molecule has 0 bridgehead atoms. The molecule has 0 aliphatic rings. The molecule has 146 valence electrons. The molecule has 3 aromatic rings. The molecular weight excluding hydrogens is 368 g/mol. The zero-order chi connectivity index (χ0) is 19.9. The maximum Gasteiger partial charge on any atom is 0.254 e. The summed E-state index contributed by atoms with van der Waals surface area (Å²) in [5.74, 6) is 0.878. The zero-order valence-electron chi connectivity index (χ0n) is 16.6. The molecule has 3 rings (SSSR count). The number of amides is 1. The fourth-order valence-electron chi connectivity index (χ4n) is 2.92. The number of para-hydroxylation sites is 1. The summed E-state index contributed by atoms with van der Waals surface area (Å²) in [6.45, 7) is 7.12. The van der Waals surface area contributed by atoms with Crippen molar-refractivity contribution in [2.75, 3.05) is 0 Å². The van der Waals surface area contributed by atoms with E-state index in [0.29, 0.717) is 13.2 Å². The summed E-state index contributed by atoms with van der Waals surface area (Å²) in [7, 11) is 0. The van der Waals surface area contributed by atoms with Gasteiger partial charge in [0.2, 0.25) is 0 Å². The van der Waals surface area contributed by atoms with Crippen LogP contribution >= 0.6 is 11.3 Å². The van der Waals surface area contributed by atoms with Crippen molar-refractivity contribution in [1.82, 2.24) is 9.88 Å². The number of carbonyl (C=O) groups excluding carboxylic acids is 1. The van der Waals surface area contributed by atoms with Gasteiger partial charge in [0, 0.05) is 17.0 Å². The van der Waals surface area contributed by atoms with Crippen LogP contribution in [0.5, 0.6) is 5.75 Å². The average molecular weight is 395 g/mol. The monoisotopic (exact) mass is 394 g/mol. The van der Waals surface area contributed by atoms with E-state index in [9.17, 15) is 4.79 Å². The highest BCUT2D eigenvalue weighted by molar-refractivity contribution is 7.09. The molecule has 0 aliphatic heterocycles. The standard InChI is InChI=1S/C23H26N2O2S/c1-4-18(3)25(23(26)19-10-8-9-17(2)13-19)14-20-16-28-22(24-20)15-27-21-11-6-5-7-12-21/h5-13,16,18H,4,14-15H2,1-3H3/t18-/m1/s1. The van der Waals surface area contributed by atoms with Gasteiger partial charge in [-0.05, 0) is 44.5 Å². The third-order valence-corrected chi connectivity index (χ3v) is 5.56. The first-order valence-electron chi connectivity index (χ1n) is 9.55. The predicted molar refractivity (Wildman–Crippen MR) is 114 cm³/mol. The molecule has 5 heteroatoms. The van der Waals surface area contributed by atoms with Crippen LogP contribution in [-0.4, -0.2) is 21.8 Å². The lowest BCUT2D eigenvalue weighted by Gasteiger charge is -2.28. The predicted octanol–water partition coefficient (Wildman–Crippen LogP) is 5.47. The molecule has 0 radical (unpaired) electrons. The topological polar surface area (TPSA) is 42.4 Å². The molecule has 28 heavy (non-hydrogen) atoms. The van der Waals surface area contributed by atoms with Gasteiger partial charge in [-0.15, -0.1) is 11.3 Å². The van der Waals surface area contributed by atoms with Crippen LogP contribution in [0.15, 0.2) is 60.0 Å². The van der Waals surface area contributed by atoms with E-state index in [-0.39, 0.29) is 11.9 Å². The van der Waals surface area contributed by atoms with Crippen molar-refractivity contribution in [3.63, 3.8) is 0 Å². The van der Waals surface area contributed by atoms with Crippen molar-refractivity contribution in [1.29, 1.82) is 0 Å². The van der Waals surface area contributed by atoms with Crippen molar-refractivity contribution in [3.8, 4) is 5.75 Å². The number of hydrogen-bond acceptors (Lipinski definition) is 4. The van der Waals surface area contributed by atoms with Gasteiger partial charge in [0.05, 0.1) is 12.2 Å². The highest BCUT2D eigenvalue weighted by Crippen LogP contribution is 2.19. The molecule has 4 nitrogen and oxygen atoms in total. The highest BCUT2D eigenvalue weighted by Gasteiger charge is 2.22. The molecule has 1 aromatic heterocycles. The summed E-state index contributed by atoms with van der Waals surface area (Å²) in [6.07, 6.45) is 0.895. The Morgan fingerprint density at radius 1 is 1.18 bits per heavy atom. The lowest BCUT2D eigenvalue weighted by atomic mass is 10.1. The molecule has 0 fully saturated rings. The second kappa shape index (κ2) is 9.51. The number of thiazole rings is 1. The number of benzene rings is 2. The number of hydrogen-bond donors (Lipinski definition) is 0. The minimum Gasteiger partial charge on any atom is -0.486 e. The number of carbonyl (C=O) groups is 1. The van der Waals surface area contributed by atoms with Crippen molar-refractivity contribution in [3.05, 3.63) is 81.8 Å². The summed E-state index contributed by atoms with van der Waals surface area (Å²) in [4.78, 5) is 19.7. The van der Waals surface area contributed by atoms with E-state index in [4.69, 9.17) is 4.74 Å². The average Bonchev–Trinajstić information content (AvgIpc) is 3.18. The minimum atomic E-state index is 0.0492. The van der Waals surface area contributed by atoms with Crippen LogP contribution in [0, 0.1) is 6.92 Å². The molecule has 0 unspecified atom stereocenters. The molecule has 1 amide bonds. The van der Waals surface area contributed by atoms with Gasteiger partial charge in [0.1, 0.15) is 17.4 Å². The lowest BCUT2D eigenvalue weighted by molar-refractivity contribution is 0.0669. The van der Waals surface area contributed by atoms with Crippen LogP contribution < -0.4 is 4.74 Å². The maximum atomic E-state index is 13.1. The van der Waals surface area contributed by atoms with Crippen molar-refractivity contribution >= 4 is 17.2 Å². The van der Waals surface area contributed by atoms with Crippen LogP contribution in [-0.2, 0) is 13.2 Å². The Morgan fingerprint density at radius 2 is 1.96 bits per heavy atom. The van der Waals surface area contributed by atoms with Gasteiger partial charge >= 0.3 is 0 Å². The Kier molecular flexibility index (Phi) is 6.82. The van der Waals surface area contributed by atoms with Crippen molar-refractivity contribution in [2.45, 2.75) is 46.4 Å². The Morgan fingerprint density at radius 3 is 2.68 bits per heavy atom. The van der Waals surface area contributed by atoms with Gasteiger partial charge in [0.15, 0.2) is 0 Å². The van der Waals surface area contributed by atoms with Gasteiger partial charge in [0.25, 0.3) is 5.91 Å². The molecule has 0 aliphatic carbocycles. The van der Waals surface area contributed by atoms with Gasteiger partial charge < -0.3 is 9.64 Å². The maximum absolute atomic E-state index is 13.1. The molecule has 2 aromatic carbocycles. The van der Waals surface area contributed by atoms with Crippen LogP contribution in [0.3, 0.4) is 0 Å². The molecular formula is C23H26N2O2S. The first kappa shape index (κ1) is 20.1. The van der Waals surface area contributed by atoms with E-state index in [2.05, 4.69) is 18.8 Å². The van der Waals surface area contributed by atoms with Crippen molar-refractivity contribution < 1.29 is 9.53 Å². The fraction of sp³-hybridized carbons (Fsp3) is 0.304. The number of aryl methyl sites for hydroxylation is 1. The van der Waals surface area contributed by atoms with E-state index >= 15 is 0 Å². The minimum absolute atomic E-state index is 0.0492. The normalized spacial score (nSPS) is 11.8. The first-order chi connectivity index (χ1) is 13.6. The Balaban J connectivity index is 1.69. The van der Waals surface area contributed by atoms with E-state index in [1.54, 1.807) is 11.3 Å². The second-order valence-corrected chi connectivity index (χ2v) is 7.84. The number of aromatic nitrogens is 1. The molecule has 0 spiro atoms. The Labute approximate surface area is 170 Å². The van der Waals surface area contributed by atoms with Gasteiger partial charge in [-0.1, -0.05) is 42.8 Å². The Hall–Kier alpha value is -2.66. The van der Waals surface area contributed by atoms with Crippen LogP contribution in [0.25, 0.3) is 0 Å². The lowest BCUT2D eigenvalue weighted by Crippen LogP contribution is -2.38. The SMILES string of the molecule is CC[C@@H](C)N(Cc1csc(COc2ccccc2)n1)C(=O)c1cccc(C)c1. The first-order valence-corrected chi connectivity index (χ1v) is 10.4. The van der Waals surface area contributed by atoms with Gasteiger partial charge in [-0.3, -0.25) is 4.79 Å². The quantitative estimate of drug-likeness (QED) is 0.509. The molecule has 1 atom stereocenters. The number of rotatable bonds is 8. The van der Waals surface area contributed by atoms with E-state index in [1.807, 2.05) is 71.8 Å². The third kappa shape index (κ3) is 5.20. The molecule has 0 N–H and O–H groups in total. The van der Waals surface area contributed by atoms with Gasteiger partial charge in [-0.2, -0.15) is 0 Å². The van der Waals surface area contributed by atoms with Crippen LogP contribution in [0.2, 0.25) is 0 Å². The molecule has 0 saturated heterocycles. The fourth-order valence-corrected chi connectivity index (χ4v) is 3.61. The number of ether oxygens (including phenoxy) is 1. The van der Waals surface area contributed by atoms with Gasteiger partial charge in [-0.25, -0.2) is 4.98 Å². The summed E-state index contributed by atoms with van der Waals surface area (Å²) in [5, 5.41) is 2.92. The van der Waals surface area contributed by atoms with Crippen molar-refractivity contribution in [2.24, 2.45) is 0 Å². The number of nitrogens with zero attached hydrogens (tertiary/aromatic N) is 2.